The van der Waals surface area contributed by atoms with Gasteiger partial charge in [-0.2, -0.15) is 0 Å². The summed E-state index contributed by atoms with van der Waals surface area (Å²) in [5.74, 6) is -0.843. The first-order valence-electron chi connectivity index (χ1n) is 9.30. The summed E-state index contributed by atoms with van der Waals surface area (Å²) in [4.78, 5) is 39.0. The standard InChI is InChI=1S/C21H26N2O6/c1-5-28-20(25)18-13(2)19(23-14(18)3)21(26)29-12-17(24)22-11-10-15-6-8-16(27-4)9-7-15/h6-9,23H,5,10-12H2,1-4H3,(H,22,24). The molecule has 2 aromatic rings. The Morgan fingerprint density at radius 3 is 2.34 bits per heavy atom. The Bertz CT molecular complexity index is 870. The van der Waals surface area contributed by atoms with Gasteiger partial charge in [-0.05, 0) is 50.5 Å². The molecule has 0 aliphatic heterocycles. The Morgan fingerprint density at radius 2 is 1.72 bits per heavy atom. The highest BCUT2D eigenvalue weighted by atomic mass is 16.5. The van der Waals surface area contributed by atoms with Gasteiger partial charge in [0.05, 0.1) is 19.3 Å². The number of benzene rings is 1. The van der Waals surface area contributed by atoms with Crippen LogP contribution in [-0.2, 0) is 20.7 Å². The second-order valence-electron chi connectivity index (χ2n) is 6.37. The van der Waals surface area contributed by atoms with Crippen molar-refractivity contribution in [3.8, 4) is 5.75 Å². The van der Waals surface area contributed by atoms with Crippen LogP contribution >= 0.6 is 0 Å². The fourth-order valence-corrected chi connectivity index (χ4v) is 2.86. The van der Waals surface area contributed by atoms with Crippen LogP contribution in [0.5, 0.6) is 5.75 Å². The van der Waals surface area contributed by atoms with Crippen molar-refractivity contribution in [1.82, 2.24) is 10.3 Å². The number of hydrogen-bond acceptors (Lipinski definition) is 6. The number of H-pyrrole nitrogens is 1. The minimum atomic E-state index is -0.702. The molecule has 0 saturated heterocycles. The molecule has 0 radical (unpaired) electrons. The molecule has 0 bridgehead atoms. The van der Waals surface area contributed by atoms with Gasteiger partial charge in [0.1, 0.15) is 11.4 Å². The molecule has 0 saturated carbocycles. The van der Waals surface area contributed by atoms with E-state index < -0.39 is 24.5 Å². The minimum absolute atomic E-state index is 0.136. The van der Waals surface area contributed by atoms with Crippen LogP contribution < -0.4 is 10.1 Å². The molecule has 8 nitrogen and oxygen atoms in total. The number of carbonyl (C=O) groups excluding carboxylic acids is 3. The lowest BCUT2D eigenvalue weighted by Crippen LogP contribution is -2.30. The van der Waals surface area contributed by atoms with Gasteiger partial charge in [0.2, 0.25) is 0 Å². The largest absolute Gasteiger partial charge is 0.497 e. The van der Waals surface area contributed by atoms with Crippen molar-refractivity contribution >= 4 is 17.8 Å². The smallest absolute Gasteiger partial charge is 0.355 e. The summed E-state index contributed by atoms with van der Waals surface area (Å²) in [6, 6.07) is 7.54. The van der Waals surface area contributed by atoms with Crippen LogP contribution in [0.1, 0.15) is 44.6 Å². The first-order chi connectivity index (χ1) is 13.9. The Hall–Kier alpha value is -3.29. The van der Waals surface area contributed by atoms with Crippen molar-refractivity contribution in [3.63, 3.8) is 0 Å². The molecule has 156 valence electrons. The summed E-state index contributed by atoms with van der Waals surface area (Å²) < 4.78 is 15.2. The van der Waals surface area contributed by atoms with E-state index in [-0.39, 0.29) is 12.3 Å². The molecule has 1 amide bonds. The molecule has 0 aliphatic rings. The monoisotopic (exact) mass is 402 g/mol. The van der Waals surface area contributed by atoms with Crippen LogP contribution in [0.25, 0.3) is 0 Å². The maximum Gasteiger partial charge on any atom is 0.355 e. The van der Waals surface area contributed by atoms with Gasteiger partial charge in [-0.3, -0.25) is 4.79 Å². The van der Waals surface area contributed by atoms with Gasteiger partial charge in [-0.1, -0.05) is 12.1 Å². The van der Waals surface area contributed by atoms with E-state index in [4.69, 9.17) is 14.2 Å². The molecular weight excluding hydrogens is 376 g/mol. The number of ether oxygens (including phenoxy) is 3. The number of carbonyl (C=O) groups is 3. The van der Waals surface area contributed by atoms with E-state index in [0.717, 1.165) is 11.3 Å². The molecule has 0 unspecified atom stereocenters. The number of nitrogens with one attached hydrogen (secondary N) is 2. The number of aromatic nitrogens is 1. The van der Waals surface area contributed by atoms with Crippen molar-refractivity contribution < 1.29 is 28.6 Å². The first-order valence-corrected chi connectivity index (χ1v) is 9.30. The Balaban J connectivity index is 1.83. The molecule has 1 aromatic heterocycles. The van der Waals surface area contributed by atoms with E-state index in [1.165, 1.54) is 0 Å². The highest BCUT2D eigenvalue weighted by Gasteiger charge is 2.24. The molecule has 29 heavy (non-hydrogen) atoms. The van der Waals surface area contributed by atoms with Crippen LogP contribution in [0.15, 0.2) is 24.3 Å². The van der Waals surface area contributed by atoms with E-state index in [1.54, 1.807) is 27.9 Å². The highest BCUT2D eigenvalue weighted by molar-refractivity contribution is 5.99. The second kappa shape index (κ2) is 10.3. The van der Waals surface area contributed by atoms with Crippen molar-refractivity contribution in [1.29, 1.82) is 0 Å². The molecule has 2 rings (SSSR count). The Kier molecular flexibility index (Phi) is 7.82. The molecule has 0 aliphatic carbocycles. The van der Waals surface area contributed by atoms with Gasteiger partial charge < -0.3 is 24.5 Å². The number of amides is 1. The van der Waals surface area contributed by atoms with E-state index in [0.29, 0.717) is 29.8 Å². The molecular formula is C21H26N2O6. The normalized spacial score (nSPS) is 10.3. The molecule has 0 fully saturated rings. The van der Waals surface area contributed by atoms with Crippen molar-refractivity contribution in [2.45, 2.75) is 27.2 Å². The summed E-state index contributed by atoms with van der Waals surface area (Å²) >= 11 is 0. The molecule has 2 N–H and O–H groups in total. The van der Waals surface area contributed by atoms with Crippen molar-refractivity contribution in [2.24, 2.45) is 0 Å². The molecule has 0 spiro atoms. The van der Waals surface area contributed by atoms with Crippen LogP contribution in [0.2, 0.25) is 0 Å². The first kappa shape index (κ1) is 22.0. The lowest BCUT2D eigenvalue weighted by atomic mass is 10.1. The summed E-state index contributed by atoms with van der Waals surface area (Å²) in [5, 5.41) is 2.70. The van der Waals surface area contributed by atoms with Crippen LogP contribution in [0.4, 0.5) is 0 Å². The Morgan fingerprint density at radius 1 is 1.03 bits per heavy atom. The molecule has 1 aromatic carbocycles. The third-order valence-corrected chi connectivity index (χ3v) is 4.35. The lowest BCUT2D eigenvalue weighted by molar-refractivity contribution is -0.124. The number of esters is 2. The average molecular weight is 402 g/mol. The fourth-order valence-electron chi connectivity index (χ4n) is 2.86. The van der Waals surface area contributed by atoms with Gasteiger partial charge in [0.25, 0.3) is 5.91 Å². The summed E-state index contributed by atoms with van der Waals surface area (Å²) in [7, 11) is 1.60. The SMILES string of the molecule is CCOC(=O)c1c(C)[nH]c(C(=O)OCC(=O)NCCc2ccc(OC)cc2)c1C. The number of methoxy groups -OCH3 is 1. The van der Waals surface area contributed by atoms with Crippen LogP contribution in [0.3, 0.4) is 0 Å². The number of aromatic amines is 1. The third-order valence-electron chi connectivity index (χ3n) is 4.35. The summed E-state index contributed by atoms with van der Waals surface area (Å²) in [5.41, 5.74) is 2.44. The zero-order chi connectivity index (χ0) is 21.4. The van der Waals surface area contributed by atoms with Crippen molar-refractivity contribution in [2.75, 3.05) is 26.9 Å². The number of hydrogen-bond donors (Lipinski definition) is 2. The van der Waals surface area contributed by atoms with Gasteiger partial charge in [0, 0.05) is 12.2 Å². The molecule has 0 atom stereocenters. The number of aryl methyl sites for hydroxylation is 1. The topological polar surface area (TPSA) is 107 Å². The summed E-state index contributed by atoms with van der Waals surface area (Å²) in [6.07, 6.45) is 0.640. The van der Waals surface area contributed by atoms with Crippen LogP contribution in [0, 0.1) is 13.8 Å². The van der Waals surface area contributed by atoms with E-state index in [9.17, 15) is 14.4 Å². The predicted molar refractivity (Wildman–Crippen MR) is 106 cm³/mol. The zero-order valence-electron chi connectivity index (χ0n) is 17.1. The Labute approximate surface area is 169 Å². The zero-order valence-corrected chi connectivity index (χ0v) is 17.1. The maximum atomic E-state index is 12.3. The third kappa shape index (κ3) is 5.84. The highest BCUT2D eigenvalue weighted by Crippen LogP contribution is 2.19. The quantitative estimate of drug-likeness (QED) is 0.624. The predicted octanol–water partition coefficient (Wildman–Crippen LogP) is 2.33. The van der Waals surface area contributed by atoms with Gasteiger partial charge in [-0.15, -0.1) is 0 Å². The van der Waals surface area contributed by atoms with E-state index in [1.807, 2.05) is 24.3 Å². The molecule has 1 heterocycles. The van der Waals surface area contributed by atoms with E-state index >= 15 is 0 Å². The van der Waals surface area contributed by atoms with Gasteiger partial charge >= 0.3 is 11.9 Å². The second-order valence-corrected chi connectivity index (χ2v) is 6.37. The fraction of sp³-hybridized carbons (Fsp3) is 0.381. The van der Waals surface area contributed by atoms with Gasteiger partial charge in [-0.25, -0.2) is 9.59 Å². The molecule has 8 heteroatoms. The van der Waals surface area contributed by atoms with E-state index in [2.05, 4.69) is 10.3 Å². The summed E-state index contributed by atoms with van der Waals surface area (Å²) in [6.45, 7) is 5.24. The lowest BCUT2D eigenvalue weighted by Gasteiger charge is -2.07. The van der Waals surface area contributed by atoms with Gasteiger partial charge in [0.15, 0.2) is 6.61 Å². The van der Waals surface area contributed by atoms with Crippen LogP contribution in [-0.4, -0.2) is 49.7 Å². The maximum absolute atomic E-state index is 12.3. The average Bonchev–Trinajstić information content (AvgIpc) is 3.01. The van der Waals surface area contributed by atoms with Crippen molar-refractivity contribution in [3.05, 3.63) is 52.3 Å². The minimum Gasteiger partial charge on any atom is -0.497 e. The number of rotatable bonds is 9.